The highest BCUT2D eigenvalue weighted by atomic mass is 16.7. The third-order valence-electron chi connectivity index (χ3n) is 7.33. The van der Waals surface area contributed by atoms with Crippen LogP contribution in [-0.2, 0) is 10.3 Å². The van der Waals surface area contributed by atoms with Crippen LogP contribution in [0.5, 0.6) is 11.5 Å². The summed E-state index contributed by atoms with van der Waals surface area (Å²) < 4.78 is 17.3. The molecule has 1 aliphatic carbocycles. The van der Waals surface area contributed by atoms with E-state index in [0.717, 1.165) is 35.7 Å². The van der Waals surface area contributed by atoms with E-state index >= 15 is 0 Å². The molecular formula is C29H27NO4. The van der Waals surface area contributed by atoms with Crippen molar-refractivity contribution in [1.82, 2.24) is 4.90 Å². The molecule has 5 heteroatoms. The number of Topliss-reactive ketones (excluding diaryl/α,β-unsaturated/α-hetero) is 1. The molecule has 0 saturated carbocycles. The molecule has 0 spiro atoms. The molecule has 1 unspecified atom stereocenters. The standard InChI is InChI=1S/C29H27NO4/c1-19(31)20-8-10-21(11-9-20)27-23-16-25-26(34-18-33-25)17-24(23)29(2,30-12-14-32-15-13-30)28(27)22-6-4-3-5-7-22/h3-11,16-17H,12-15,18H2,1-2H3. The van der Waals surface area contributed by atoms with Gasteiger partial charge in [0.25, 0.3) is 0 Å². The molecule has 2 heterocycles. The maximum absolute atomic E-state index is 11.9. The van der Waals surface area contributed by atoms with Crippen molar-refractivity contribution < 1.29 is 19.0 Å². The van der Waals surface area contributed by atoms with Crippen molar-refractivity contribution in [2.75, 3.05) is 33.1 Å². The highest BCUT2D eigenvalue weighted by Crippen LogP contribution is 2.57. The Morgan fingerprint density at radius 2 is 1.56 bits per heavy atom. The van der Waals surface area contributed by atoms with Gasteiger partial charge < -0.3 is 14.2 Å². The molecule has 0 bridgehead atoms. The minimum absolute atomic E-state index is 0.0668. The second-order valence-electron chi connectivity index (χ2n) is 9.17. The lowest BCUT2D eigenvalue weighted by atomic mass is 9.82. The van der Waals surface area contributed by atoms with Gasteiger partial charge in [0.15, 0.2) is 17.3 Å². The Morgan fingerprint density at radius 1 is 0.882 bits per heavy atom. The van der Waals surface area contributed by atoms with E-state index in [0.29, 0.717) is 18.8 Å². The van der Waals surface area contributed by atoms with Gasteiger partial charge in [0.1, 0.15) is 0 Å². The van der Waals surface area contributed by atoms with Crippen LogP contribution in [0.4, 0.5) is 0 Å². The third-order valence-corrected chi connectivity index (χ3v) is 7.33. The molecule has 0 aromatic heterocycles. The van der Waals surface area contributed by atoms with Crippen molar-refractivity contribution in [3.05, 3.63) is 94.5 Å². The van der Waals surface area contributed by atoms with Crippen molar-refractivity contribution in [1.29, 1.82) is 0 Å². The third kappa shape index (κ3) is 3.19. The maximum Gasteiger partial charge on any atom is 0.231 e. The van der Waals surface area contributed by atoms with Gasteiger partial charge in [-0.15, -0.1) is 0 Å². The Hall–Kier alpha value is -3.41. The maximum atomic E-state index is 11.9. The second-order valence-corrected chi connectivity index (χ2v) is 9.17. The Bertz CT molecular complexity index is 1290. The minimum atomic E-state index is -0.379. The highest BCUT2D eigenvalue weighted by Gasteiger charge is 2.47. The number of ether oxygens (including phenoxy) is 3. The van der Waals surface area contributed by atoms with Gasteiger partial charge in [-0.2, -0.15) is 0 Å². The monoisotopic (exact) mass is 453 g/mol. The van der Waals surface area contributed by atoms with Gasteiger partial charge in [-0.25, -0.2) is 0 Å². The van der Waals surface area contributed by atoms with Crippen molar-refractivity contribution in [3.63, 3.8) is 0 Å². The number of ketones is 1. The minimum Gasteiger partial charge on any atom is -0.454 e. The number of hydrogen-bond donors (Lipinski definition) is 0. The van der Waals surface area contributed by atoms with Gasteiger partial charge in [-0.3, -0.25) is 9.69 Å². The molecule has 0 N–H and O–H groups in total. The van der Waals surface area contributed by atoms with E-state index in [1.807, 2.05) is 12.1 Å². The van der Waals surface area contributed by atoms with Crippen LogP contribution < -0.4 is 9.47 Å². The number of rotatable bonds is 4. The molecule has 1 saturated heterocycles. The van der Waals surface area contributed by atoms with Crippen LogP contribution in [0.1, 0.15) is 46.5 Å². The summed E-state index contributed by atoms with van der Waals surface area (Å²) in [6.07, 6.45) is 0. The van der Waals surface area contributed by atoms with Crippen LogP contribution in [0.25, 0.3) is 11.1 Å². The molecule has 3 aliphatic rings. The molecule has 3 aromatic rings. The number of carbonyl (C=O) groups excluding carboxylic acids is 1. The molecule has 5 nitrogen and oxygen atoms in total. The molecule has 1 fully saturated rings. The lowest BCUT2D eigenvalue weighted by Crippen LogP contribution is -2.49. The van der Waals surface area contributed by atoms with Gasteiger partial charge in [0.2, 0.25) is 6.79 Å². The predicted molar refractivity (Wildman–Crippen MR) is 131 cm³/mol. The summed E-state index contributed by atoms with van der Waals surface area (Å²) in [7, 11) is 0. The number of benzene rings is 3. The Morgan fingerprint density at radius 3 is 2.24 bits per heavy atom. The lowest BCUT2D eigenvalue weighted by molar-refractivity contribution is 0.00191. The van der Waals surface area contributed by atoms with Gasteiger partial charge in [-0.05, 0) is 59.4 Å². The fraction of sp³-hybridized carbons (Fsp3) is 0.276. The first-order valence-electron chi connectivity index (χ1n) is 11.8. The van der Waals surface area contributed by atoms with Crippen LogP contribution in [0.2, 0.25) is 0 Å². The summed E-state index contributed by atoms with van der Waals surface area (Å²) in [5.41, 5.74) is 7.38. The quantitative estimate of drug-likeness (QED) is 0.512. The first-order valence-corrected chi connectivity index (χ1v) is 11.8. The highest BCUT2D eigenvalue weighted by molar-refractivity contribution is 6.08. The summed E-state index contributed by atoms with van der Waals surface area (Å²) in [6.45, 7) is 7.27. The fourth-order valence-corrected chi connectivity index (χ4v) is 5.60. The van der Waals surface area contributed by atoms with E-state index in [4.69, 9.17) is 14.2 Å². The smallest absolute Gasteiger partial charge is 0.231 e. The summed E-state index contributed by atoms with van der Waals surface area (Å²) in [5.74, 6) is 1.63. The molecule has 2 aliphatic heterocycles. The van der Waals surface area contributed by atoms with Crippen molar-refractivity contribution in [2.24, 2.45) is 0 Å². The van der Waals surface area contributed by atoms with Crippen LogP contribution in [0.15, 0.2) is 66.7 Å². The van der Waals surface area contributed by atoms with Crippen LogP contribution >= 0.6 is 0 Å². The lowest BCUT2D eigenvalue weighted by Gasteiger charge is -2.43. The summed E-state index contributed by atoms with van der Waals surface area (Å²) in [5, 5.41) is 0. The average Bonchev–Trinajstić information content (AvgIpc) is 3.44. The van der Waals surface area contributed by atoms with Gasteiger partial charge in [-0.1, -0.05) is 54.6 Å². The van der Waals surface area contributed by atoms with Crippen molar-refractivity contribution in [2.45, 2.75) is 19.4 Å². The largest absolute Gasteiger partial charge is 0.454 e. The van der Waals surface area contributed by atoms with Crippen LogP contribution in [0.3, 0.4) is 0 Å². The van der Waals surface area contributed by atoms with Crippen LogP contribution in [0, 0.1) is 0 Å². The van der Waals surface area contributed by atoms with Gasteiger partial charge in [0, 0.05) is 18.7 Å². The average molecular weight is 454 g/mol. The topological polar surface area (TPSA) is 48.0 Å². The van der Waals surface area contributed by atoms with E-state index in [2.05, 4.69) is 66.4 Å². The molecule has 0 radical (unpaired) electrons. The summed E-state index contributed by atoms with van der Waals surface area (Å²) in [4.78, 5) is 14.5. The summed E-state index contributed by atoms with van der Waals surface area (Å²) >= 11 is 0. The molecular weight excluding hydrogens is 426 g/mol. The zero-order valence-corrected chi connectivity index (χ0v) is 19.5. The second kappa shape index (κ2) is 8.12. The summed E-state index contributed by atoms with van der Waals surface area (Å²) in [6, 6.07) is 22.9. The molecule has 6 rings (SSSR count). The molecule has 34 heavy (non-hydrogen) atoms. The number of carbonyl (C=O) groups is 1. The Kier molecular flexibility index (Phi) is 5.05. The number of hydrogen-bond acceptors (Lipinski definition) is 5. The predicted octanol–water partition coefficient (Wildman–Crippen LogP) is 5.14. The Balaban J connectivity index is 1.66. The molecule has 172 valence electrons. The number of fused-ring (bicyclic) bond motifs is 2. The van der Waals surface area contributed by atoms with E-state index in [1.54, 1.807) is 6.92 Å². The van der Waals surface area contributed by atoms with E-state index in [9.17, 15) is 4.79 Å². The van der Waals surface area contributed by atoms with E-state index in [-0.39, 0.29) is 18.1 Å². The van der Waals surface area contributed by atoms with Gasteiger partial charge >= 0.3 is 0 Å². The first-order chi connectivity index (χ1) is 16.6. The van der Waals surface area contributed by atoms with Crippen molar-refractivity contribution in [3.8, 4) is 11.5 Å². The number of morpholine rings is 1. The zero-order valence-electron chi connectivity index (χ0n) is 19.5. The van der Waals surface area contributed by atoms with Gasteiger partial charge in [0.05, 0.1) is 18.8 Å². The van der Waals surface area contributed by atoms with Crippen LogP contribution in [-0.4, -0.2) is 43.8 Å². The Labute approximate surface area is 199 Å². The van der Waals surface area contributed by atoms with E-state index in [1.165, 1.54) is 22.3 Å². The fourth-order valence-electron chi connectivity index (χ4n) is 5.60. The zero-order chi connectivity index (χ0) is 23.3. The molecule has 1 atom stereocenters. The van der Waals surface area contributed by atoms with E-state index < -0.39 is 0 Å². The SMILES string of the molecule is CC(=O)c1ccc(C2=C(c3ccccc3)C(C)(N3CCOCC3)c3cc4c(cc32)OCO4)cc1. The van der Waals surface area contributed by atoms with Crippen molar-refractivity contribution >= 4 is 16.9 Å². The first kappa shape index (κ1) is 21.1. The number of nitrogens with zero attached hydrogens (tertiary/aromatic N) is 1. The normalized spacial score (nSPS) is 21.6. The molecule has 0 amide bonds. The molecule has 3 aromatic carbocycles.